The summed E-state index contributed by atoms with van der Waals surface area (Å²) in [5.74, 6) is -1.32. The van der Waals surface area contributed by atoms with Crippen LogP contribution in [0.3, 0.4) is 0 Å². The van der Waals surface area contributed by atoms with Gasteiger partial charge in [0.15, 0.2) is 17.5 Å². The first-order chi connectivity index (χ1) is 10.1. The number of halogens is 2. The lowest BCUT2D eigenvalue weighted by atomic mass is 10.1. The van der Waals surface area contributed by atoms with Crippen molar-refractivity contribution in [3.8, 4) is 0 Å². The number of hydrogen-bond donors (Lipinski definition) is 0. The molecule has 0 aliphatic carbocycles. The van der Waals surface area contributed by atoms with Gasteiger partial charge < -0.3 is 9.42 Å². The summed E-state index contributed by atoms with van der Waals surface area (Å²) in [5, 5.41) is 3.80. The lowest BCUT2D eigenvalue weighted by Crippen LogP contribution is -2.24. The fourth-order valence-corrected chi connectivity index (χ4v) is 2.35. The summed E-state index contributed by atoms with van der Waals surface area (Å²) >= 11 is 0. The van der Waals surface area contributed by atoms with Crippen LogP contribution in [0, 0.1) is 11.6 Å². The molecule has 0 N–H and O–H groups in total. The van der Waals surface area contributed by atoms with Gasteiger partial charge in [-0.2, -0.15) is 4.98 Å². The SMILES string of the molecule is CCc1noc(C2CC(=O)N(c3ccc(F)c(F)c3)C2)n1. The van der Waals surface area contributed by atoms with Crippen LogP contribution in [0.2, 0.25) is 0 Å². The van der Waals surface area contributed by atoms with E-state index in [2.05, 4.69) is 10.1 Å². The molecule has 0 saturated carbocycles. The molecule has 1 aliphatic rings. The van der Waals surface area contributed by atoms with Crippen LogP contribution in [-0.4, -0.2) is 22.6 Å². The van der Waals surface area contributed by atoms with Crippen molar-refractivity contribution in [2.75, 3.05) is 11.4 Å². The molecule has 1 amide bonds. The molecule has 0 bridgehead atoms. The van der Waals surface area contributed by atoms with Crippen LogP contribution in [-0.2, 0) is 11.2 Å². The molecule has 7 heteroatoms. The van der Waals surface area contributed by atoms with Gasteiger partial charge in [0.1, 0.15) is 0 Å². The normalized spacial score (nSPS) is 18.5. The standard InChI is InChI=1S/C14H13F2N3O2/c1-2-12-17-14(21-18-12)8-5-13(20)19(7-8)9-3-4-10(15)11(16)6-9/h3-4,6,8H,2,5,7H2,1H3. The van der Waals surface area contributed by atoms with E-state index in [9.17, 15) is 13.6 Å². The fraction of sp³-hybridized carbons (Fsp3) is 0.357. The Morgan fingerprint density at radius 3 is 2.86 bits per heavy atom. The van der Waals surface area contributed by atoms with Crippen LogP contribution in [0.15, 0.2) is 22.7 Å². The Morgan fingerprint density at radius 2 is 2.19 bits per heavy atom. The average Bonchev–Trinajstić information content (AvgIpc) is 3.08. The smallest absolute Gasteiger partial charge is 0.232 e. The Morgan fingerprint density at radius 1 is 1.38 bits per heavy atom. The molecular weight excluding hydrogens is 280 g/mol. The maximum Gasteiger partial charge on any atom is 0.232 e. The highest BCUT2D eigenvalue weighted by molar-refractivity contribution is 5.96. The summed E-state index contributed by atoms with van der Waals surface area (Å²) in [6.45, 7) is 2.22. The van der Waals surface area contributed by atoms with Crippen molar-refractivity contribution in [2.45, 2.75) is 25.7 Å². The third-order valence-electron chi connectivity index (χ3n) is 3.49. The maximum absolute atomic E-state index is 13.3. The van der Waals surface area contributed by atoms with E-state index < -0.39 is 11.6 Å². The quantitative estimate of drug-likeness (QED) is 0.872. The van der Waals surface area contributed by atoms with Gasteiger partial charge in [-0.3, -0.25) is 4.79 Å². The number of rotatable bonds is 3. The predicted molar refractivity (Wildman–Crippen MR) is 69.7 cm³/mol. The van der Waals surface area contributed by atoms with Crippen LogP contribution >= 0.6 is 0 Å². The Labute approximate surface area is 119 Å². The van der Waals surface area contributed by atoms with E-state index in [1.165, 1.54) is 11.0 Å². The van der Waals surface area contributed by atoms with E-state index in [4.69, 9.17) is 4.52 Å². The number of amides is 1. The summed E-state index contributed by atoms with van der Waals surface area (Å²) in [5.41, 5.74) is 0.330. The van der Waals surface area contributed by atoms with Gasteiger partial charge in [0.2, 0.25) is 11.8 Å². The maximum atomic E-state index is 13.3. The molecule has 110 valence electrons. The number of anilines is 1. The van der Waals surface area contributed by atoms with Crippen LogP contribution in [0.4, 0.5) is 14.5 Å². The lowest BCUT2D eigenvalue weighted by molar-refractivity contribution is -0.117. The summed E-state index contributed by atoms with van der Waals surface area (Å²) in [6, 6.07) is 3.40. The third-order valence-corrected chi connectivity index (χ3v) is 3.49. The average molecular weight is 293 g/mol. The van der Waals surface area contributed by atoms with Crippen molar-refractivity contribution >= 4 is 11.6 Å². The molecule has 2 aromatic rings. The van der Waals surface area contributed by atoms with E-state index in [1.54, 1.807) is 0 Å². The molecule has 1 aliphatic heterocycles. The zero-order chi connectivity index (χ0) is 15.0. The second-order valence-corrected chi connectivity index (χ2v) is 4.91. The predicted octanol–water partition coefficient (Wildman–Crippen LogP) is 2.43. The second-order valence-electron chi connectivity index (χ2n) is 4.91. The van der Waals surface area contributed by atoms with Crippen molar-refractivity contribution in [3.63, 3.8) is 0 Å². The van der Waals surface area contributed by atoms with Gasteiger partial charge >= 0.3 is 0 Å². The van der Waals surface area contributed by atoms with Crippen molar-refractivity contribution in [2.24, 2.45) is 0 Å². The number of carbonyl (C=O) groups is 1. The largest absolute Gasteiger partial charge is 0.339 e. The van der Waals surface area contributed by atoms with Crippen molar-refractivity contribution in [1.29, 1.82) is 0 Å². The van der Waals surface area contributed by atoms with Crippen LogP contribution in [0.25, 0.3) is 0 Å². The molecule has 1 atom stereocenters. The first kappa shape index (κ1) is 13.7. The number of benzene rings is 1. The molecular formula is C14H13F2N3O2. The zero-order valence-electron chi connectivity index (χ0n) is 11.3. The van der Waals surface area contributed by atoms with Crippen molar-refractivity contribution in [1.82, 2.24) is 10.1 Å². The molecule has 3 rings (SSSR count). The molecule has 1 aromatic heterocycles. The molecule has 1 fully saturated rings. The van der Waals surface area contributed by atoms with Gasteiger partial charge in [0.05, 0.1) is 5.92 Å². The van der Waals surface area contributed by atoms with Gasteiger partial charge in [0.25, 0.3) is 0 Å². The number of hydrogen-bond acceptors (Lipinski definition) is 4. The fourth-order valence-electron chi connectivity index (χ4n) is 2.35. The molecule has 1 aromatic carbocycles. The van der Waals surface area contributed by atoms with Crippen LogP contribution < -0.4 is 4.90 Å². The topological polar surface area (TPSA) is 59.2 Å². The minimum Gasteiger partial charge on any atom is -0.339 e. The molecule has 2 heterocycles. The van der Waals surface area contributed by atoms with E-state index in [1.807, 2.05) is 6.92 Å². The minimum absolute atomic E-state index is 0.178. The second kappa shape index (κ2) is 5.23. The van der Waals surface area contributed by atoms with E-state index in [-0.39, 0.29) is 18.2 Å². The third kappa shape index (κ3) is 2.51. The first-order valence-corrected chi connectivity index (χ1v) is 6.66. The monoisotopic (exact) mass is 293 g/mol. The summed E-state index contributed by atoms with van der Waals surface area (Å²) < 4.78 is 31.4. The number of aryl methyl sites for hydroxylation is 1. The Bertz CT molecular complexity index is 687. The number of carbonyl (C=O) groups excluding carboxylic acids is 1. The Kier molecular flexibility index (Phi) is 3.40. The highest BCUT2D eigenvalue weighted by Gasteiger charge is 2.35. The molecule has 0 spiro atoms. The van der Waals surface area contributed by atoms with Gasteiger partial charge in [-0.05, 0) is 12.1 Å². The van der Waals surface area contributed by atoms with Crippen molar-refractivity contribution < 1.29 is 18.1 Å². The number of aromatic nitrogens is 2. The summed E-state index contributed by atoms with van der Waals surface area (Å²) in [7, 11) is 0. The van der Waals surface area contributed by atoms with Gasteiger partial charge in [-0.25, -0.2) is 8.78 Å². The number of nitrogens with zero attached hydrogens (tertiary/aromatic N) is 3. The molecule has 5 nitrogen and oxygen atoms in total. The lowest BCUT2D eigenvalue weighted by Gasteiger charge is -2.16. The van der Waals surface area contributed by atoms with Gasteiger partial charge in [-0.15, -0.1) is 0 Å². The molecule has 0 radical (unpaired) electrons. The van der Waals surface area contributed by atoms with Crippen LogP contribution in [0.5, 0.6) is 0 Å². The van der Waals surface area contributed by atoms with Crippen LogP contribution in [0.1, 0.15) is 31.0 Å². The van der Waals surface area contributed by atoms with E-state index in [0.717, 1.165) is 12.1 Å². The van der Waals surface area contributed by atoms with Gasteiger partial charge in [0, 0.05) is 31.1 Å². The first-order valence-electron chi connectivity index (χ1n) is 6.66. The molecule has 1 saturated heterocycles. The summed E-state index contributed by atoms with van der Waals surface area (Å²) in [6.07, 6.45) is 0.862. The van der Waals surface area contributed by atoms with Crippen molar-refractivity contribution in [3.05, 3.63) is 41.5 Å². The molecule has 21 heavy (non-hydrogen) atoms. The Balaban J connectivity index is 1.82. The Hall–Kier alpha value is -2.31. The van der Waals surface area contributed by atoms with E-state index in [0.29, 0.717) is 30.4 Å². The molecule has 1 unspecified atom stereocenters. The minimum atomic E-state index is -0.977. The zero-order valence-corrected chi connectivity index (χ0v) is 11.3. The highest BCUT2D eigenvalue weighted by Crippen LogP contribution is 2.31. The summed E-state index contributed by atoms with van der Waals surface area (Å²) in [4.78, 5) is 17.7. The van der Waals surface area contributed by atoms with Gasteiger partial charge in [-0.1, -0.05) is 12.1 Å². The highest BCUT2D eigenvalue weighted by atomic mass is 19.2. The van der Waals surface area contributed by atoms with E-state index >= 15 is 0 Å².